The SMILES string of the molecule is FC(F)c1nc(Sc2nnnn2-c2ccc(Br)cc2)c2ccccc2n1. The van der Waals surface area contributed by atoms with Gasteiger partial charge in [-0.3, -0.25) is 0 Å². The first kappa shape index (κ1) is 17.0. The molecule has 0 aliphatic heterocycles. The molecule has 0 fully saturated rings. The smallest absolute Gasteiger partial charge is 0.227 e. The molecule has 4 rings (SSSR count). The fourth-order valence-corrected chi connectivity index (χ4v) is 3.48. The van der Waals surface area contributed by atoms with Crippen LogP contribution in [0.2, 0.25) is 0 Å². The number of nitrogens with zero attached hydrogens (tertiary/aromatic N) is 6. The summed E-state index contributed by atoms with van der Waals surface area (Å²) in [6.07, 6.45) is -2.76. The average molecular weight is 435 g/mol. The number of para-hydroxylation sites is 1. The monoisotopic (exact) mass is 434 g/mol. The lowest BCUT2D eigenvalue weighted by Gasteiger charge is -2.08. The summed E-state index contributed by atoms with van der Waals surface area (Å²) in [5, 5.41) is 13.1. The Bertz CT molecular complexity index is 1070. The summed E-state index contributed by atoms with van der Waals surface area (Å²) in [7, 11) is 0. The Hall–Kier alpha value is -2.46. The van der Waals surface area contributed by atoms with Crippen LogP contribution in [0.5, 0.6) is 0 Å². The van der Waals surface area contributed by atoms with Crippen molar-refractivity contribution in [2.24, 2.45) is 0 Å². The lowest BCUT2D eigenvalue weighted by atomic mass is 10.2. The zero-order valence-corrected chi connectivity index (χ0v) is 15.3. The summed E-state index contributed by atoms with van der Waals surface area (Å²) in [4.78, 5) is 7.93. The van der Waals surface area contributed by atoms with Crippen LogP contribution in [0.1, 0.15) is 12.2 Å². The van der Waals surface area contributed by atoms with E-state index in [1.165, 1.54) is 4.68 Å². The van der Waals surface area contributed by atoms with E-state index in [0.717, 1.165) is 21.9 Å². The highest BCUT2D eigenvalue weighted by Crippen LogP contribution is 2.32. The highest BCUT2D eigenvalue weighted by atomic mass is 79.9. The molecule has 0 aliphatic carbocycles. The van der Waals surface area contributed by atoms with E-state index in [0.29, 0.717) is 21.1 Å². The second-order valence-electron chi connectivity index (χ2n) is 5.16. The Morgan fingerprint density at radius 2 is 1.77 bits per heavy atom. The summed E-state index contributed by atoms with van der Waals surface area (Å²) in [6.45, 7) is 0. The van der Waals surface area contributed by atoms with Gasteiger partial charge in [0.2, 0.25) is 5.16 Å². The van der Waals surface area contributed by atoms with Gasteiger partial charge in [0.05, 0.1) is 11.2 Å². The maximum atomic E-state index is 13.2. The summed E-state index contributed by atoms with van der Waals surface area (Å²) >= 11 is 4.49. The Kier molecular flexibility index (Phi) is 4.60. The number of hydrogen-bond donors (Lipinski definition) is 0. The molecule has 0 radical (unpaired) electrons. The van der Waals surface area contributed by atoms with Gasteiger partial charge in [-0.25, -0.2) is 18.7 Å². The number of fused-ring (bicyclic) bond motifs is 1. The van der Waals surface area contributed by atoms with Gasteiger partial charge >= 0.3 is 0 Å². The molecule has 0 N–H and O–H groups in total. The van der Waals surface area contributed by atoms with Crippen molar-refractivity contribution < 1.29 is 8.78 Å². The molecule has 0 atom stereocenters. The van der Waals surface area contributed by atoms with E-state index in [-0.39, 0.29) is 0 Å². The standard InChI is InChI=1S/C16H9BrF2N6S/c17-9-5-7-10(8-6-9)25-16(22-23-24-25)26-15-11-3-1-2-4-12(11)20-14(21-15)13(18)19/h1-8,13H. The van der Waals surface area contributed by atoms with Crippen LogP contribution in [0.4, 0.5) is 8.78 Å². The molecule has 10 heteroatoms. The molecular formula is C16H9BrF2N6S. The Morgan fingerprint density at radius 3 is 2.54 bits per heavy atom. The predicted octanol–water partition coefficient (Wildman–Crippen LogP) is 4.46. The number of alkyl halides is 2. The third kappa shape index (κ3) is 3.29. The first-order valence-corrected chi connectivity index (χ1v) is 9.00. The highest BCUT2D eigenvalue weighted by molar-refractivity contribution is 9.10. The third-order valence-corrected chi connectivity index (χ3v) is 4.95. The van der Waals surface area contributed by atoms with Crippen LogP contribution in [-0.2, 0) is 0 Å². The molecule has 6 nitrogen and oxygen atoms in total. The zero-order valence-electron chi connectivity index (χ0n) is 12.9. The molecule has 0 amide bonds. The van der Waals surface area contributed by atoms with Gasteiger partial charge in [-0.1, -0.05) is 34.1 Å². The van der Waals surface area contributed by atoms with Crippen molar-refractivity contribution in [3.8, 4) is 5.69 Å². The molecule has 0 saturated heterocycles. The Balaban J connectivity index is 1.79. The number of benzene rings is 2. The van der Waals surface area contributed by atoms with Crippen molar-refractivity contribution in [1.29, 1.82) is 0 Å². The van der Waals surface area contributed by atoms with Crippen LogP contribution in [0.25, 0.3) is 16.6 Å². The second-order valence-corrected chi connectivity index (χ2v) is 7.03. The molecule has 4 aromatic rings. The van der Waals surface area contributed by atoms with E-state index in [2.05, 4.69) is 41.4 Å². The van der Waals surface area contributed by atoms with Crippen molar-refractivity contribution in [1.82, 2.24) is 30.2 Å². The highest BCUT2D eigenvalue weighted by Gasteiger charge is 2.18. The van der Waals surface area contributed by atoms with Crippen molar-refractivity contribution >= 4 is 38.6 Å². The zero-order chi connectivity index (χ0) is 18.1. The number of tetrazole rings is 1. The lowest BCUT2D eigenvalue weighted by Crippen LogP contribution is -2.01. The van der Waals surface area contributed by atoms with Crippen molar-refractivity contribution in [3.05, 3.63) is 58.8 Å². The summed E-state index contributed by atoms with van der Waals surface area (Å²) in [5.74, 6) is -0.520. The van der Waals surface area contributed by atoms with Gasteiger partial charge in [0.25, 0.3) is 6.43 Å². The van der Waals surface area contributed by atoms with Gasteiger partial charge in [0, 0.05) is 9.86 Å². The van der Waals surface area contributed by atoms with E-state index >= 15 is 0 Å². The maximum absolute atomic E-state index is 13.2. The van der Waals surface area contributed by atoms with Gasteiger partial charge in [-0.2, -0.15) is 4.68 Å². The molecule has 26 heavy (non-hydrogen) atoms. The molecule has 2 heterocycles. The minimum Gasteiger partial charge on any atom is -0.227 e. The average Bonchev–Trinajstić information content (AvgIpc) is 3.10. The van der Waals surface area contributed by atoms with Crippen LogP contribution in [0.3, 0.4) is 0 Å². The van der Waals surface area contributed by atoms with Crippen molar-refractivity contribution in [2.45, 2.75) is 16.6 Å². The van der Waals surface area contributed by atoms with E-state index in [9.17, 15) is 8.78 Å². The van der Waals surface area contributed by atoms with Crippen LogP contribution in [0.15, 0.2) is 63.2 Å². The molecule has 0 spiro atoms. The quantitative estimate of drug-likeness (QED) is 0.441. The van der Waals surface area contributed by atoms with Crippen molar-refractivity contribution in [3.63, 3.8) is 0 Å². The number of halogens is 3. The van der Waals surface area contributed by atoms with Gasteiger partial charge < -0.3 is 0 Å². The van der Waals surface area contributed by atoms with Crippen LogP contribution in [0, 0.1) is 0 Å². The molecule has 2 aromatic carbocycles. The Morgan fingerprint density at radius 1 is 1.00 bits per heavy atom. The molecule has 0 saturated carbocycles. The minimum absolute atomic E-state index is 0.374. The van der Waals surface area contributed by atoms with Crippen LogP contribution >= 0.6 is 27.7 Å². The summed E-state index contributed by atoms with van der Waals surface area (Å²) in [5.41, 5.74) is 1.19. The normalized spacial score (nSPS) is 11.4. The molecule has 0 bridgehead atoms. The molecular weight excluding hydrogens is 426 g/mol. The summed E-state index contributed by atoms with van der Waals surface area (Å²) < 4.78 is 28.8. The van der Waals surface area contributed by atoms with Gasteiger partial charge in [-0.15, -0.1) is 5.10 Å². The number of rotatable bonds is 4. The first-order chi connectivity index (χ1) is 12.6. The number of aromatic nitrogens is 6. The first-order valence-electron chi connectivity index (χ1n) is 7.39. The molecule has 0 aliphatic rings. The topological polar surface area (TPSA) is 69.4 Å². The van der Waals surface area contributed by atoms with Crippen molar-refractivity contribution in [2.75, 3.05) is 0 Å². The number of hydrogen-bond acceptors (Lipinski definition) is 6. The van der Waals surface area contributed by atoms with E-state index < -0.39 is 12.2 Å². The predicted molar refractivity (Wildman–Crippen MR) is 95.5 cm³/mol. The third-order valence-electron chi connectivity index (χ3n) is 3.48. The van der Waals surface area contributed by atoms with E-state index in [1.54, 1.807) is 24.3 Å². The second kappa shape index (κ2) is 7.04. The molecule has 2 aromatic heterocycles. The van der Waals surface area contributed by atoms with Gasteiger partial charge in [0.15, 0.2) is 5.82 Å². The lowest BCUT2D eigenvalue weighted by molar-refractivity contribution is 0.140. The van der Waals surface area contributed by atoms with Gasteiger partial charge in [-0.05, 0) is 52.5 Å². The van der Waals surface area contributed by atoms with E-state index in [4.69, 9.17) is 0 Å². The molecule has 0 unspecified atom stereocenters. The fraction of sp³-hybridized carbons (Fsp3) is 0.0625. The minimum atomic E-state index is -2.76. The summed E-state index contributed by atoms with van der Waals surface area (Å²) in [6, 6.07) is 14.4. The Labute approximate surface area is 158 Å². The fourth-order valence-electron chi connectivity index (χ4n) is 2.31. The maximum Gasteiger partial charge on any atom is 0.297 e. The largest absolute Gasteiger partial charge is 0.297 e. The van der Waals surface area contributed by atoms with Gasteiger partial charge in [0.1, 0.15) is 5.03 Å². The van der Waals surface area contributed by atoms with E-state index in [1.807, 2.05) is 24.3 Å². The van der Waals surface area contributed by atoms with Crippen LogP contribution in [-0.4, -0.2) is 30.2 Å². The molecule has 130 valence electrons. The van der Waals surface area contributed by atoms with Crippen LogP contribution < -0.4 is 0 Å².